The summed E-state index contributed by atoms with van der Waals surface area (Å²) in [5, 5.41) is 10.3. The van der Waals surface area contributed by atoms with E-state index in [0.717, 1.165) is 15.6 Å². The van der Waals surface area contributed by atoms with Crippen molar-refractivity contribution in [3.05, 3.63) is 63.4 Å². The van der Waals surface area contributed by atoms with Crippen LogP contribution in [0.2, 0.25) is 0 Å². The summed E-state index contributed by atoms with van der Waals surface area (Å²) in [4.78, 5) is 0. The Bertz CT molecular complexity index is 599. The number of ether oxygens (including phenoxy) is 1. The summed E-state index contributed by atoms with van der Waals surface area (Å²) in [5.74, 6) is -0.308. The molecule has 0 spiro atoms. The van der Waals surface area contributed by atoms with Crippen LogP contribution in [-0.2, 0) is 0 Å². The zero-order valence-corrected chi connectivity index (χ0v) is 12.2. The zero-order chi connectivity index (χ0) is 14.0. The molecule has 4 heteroatoms. The third-order valence-corrected chi connectivity index (χ3v) is 3.51. The van der Waals surface area contributed by atoms with Crippen molar-refractivity contribution in [3.8, 4) is 5.75 Å². The van der Waals surface area contributed by atoms with Crippen molar-refractivity contribution < 1.29 is 14.2 Å². The summed E-state index contributed by atoms with van der Waals surface area (Å²) in [7, 11) is 1.41. The minimum atomic E-state index is -0.853. The van der Waals surface area contributed by atoms with Crippen LogP contribution < -0.4 is 4.74 Å². The van der Waals surface area contributed by atoms with Crippen molar-refractivity contribution >= 4 is 15.9 Å². The van der Waals surface area contributed by atoms with E-state index in [1.54, 1.807) is 6.07 Å². The van der Waals surface area contributed by atoms with E-state index in [0.29, 0.717) is 5.56 Å². The van der Waals surface area contributed by atoms with Crippen LogP contribution in [0.15, 0.2) is 40.9 Å². The Morgan fingerprint density at radius 3 is 2.53 bits per heavy atom. The third-order valence-electron chi connectivity index (χ3n) is 3.02. The highest BCUT2D eigenvalue weighted by molar-refractivity contribution is 9.10. The number of aliphatic hydroxyl groups excluding tert-OH is 1. The van der Waals surface area contributed by atoms with Gasteiger partial charge in [-0.05, 0) is 47.9 Å². The Kier molecular flexibility index (Phi) is 4.22. The molecule has 100 valence electrons. The fourth-order valence-electron chi connectivity index (χ4n) is 1.98. The zero-order valence-electron chi connectivity index (χ0n) is 10.7. The molecule has 0 radical (unpaired) electrons. The number of aryl methyl sites for hydroxylation is 1. The maximum Gasteiger partial charge on any atom is 0.165 e. The maximum atomic E-state index is 13.6. The van der Waals surface area contributed by atoms with Crippen molar-refractivity contribution in [3.63, 3.8) is 0 Å². The van der Waals surface area contributed by atoms with Crippen LogP contribution in [-0.4, -0.2) is 12.2 Å². The number of hydrogen-bond donors (Lipinski definition) is 1. The van der Waals surface area contributed by atoms with E-state index < -0.39 is 11.9 Å². The molecule has 2 aromatic carbocycles. The van der Waals surface area contributed by atoms with E-state index in [9.17, 15) is 9.50 Å². The Balaban J connectivity index is 2.38. The fraction of sp³-hybridized carbons (Fsp3) is 0.200. The first-order valence-electron chi connectivity index (χ1n) is 5.80. The number of halogens is 2. The maximum absolute atomic E-state index is 13.6. The minimum Gasteiger partial charge on any atom is -0.494 e. The van der Waals surface area contributed by atoms with Gasteiger partial charge in [-0.1, -0.05) is 28.1 Å². The van der Waals surface area contributed by atoms with Crippen LogP contribution in [0.25, 0.3) is 0 Å². The molecular formula is C15H14BrFO2. The number of methoxy groups -OCH3 is 1. The molecule has 2 nitrogen and oxygen atoms in total. The molecule has 0 saturated carbocycles. The van der Waals surface area contributed by atoms with Gasteiger partial charge in [-0.3, -0.25) is 0 Å². The molecule has 0 aliphatic carbocycles. The largest absolute Gasteiger partial charge is 0.494 e. The molecule has 0 saturated heterocycles. The van der Waals surface area contributed by atoms with Gasteiger partial charge in [0.2, 0.25) is 0 Å². The number of hydrogen-bond acceptors (Lipinski definition) is 2. The van der Waals surface area contributed by atoms with Crippen molar-refractivity contribution in [2.45, 2.75) is 13.0 Å². The lowest BCUT2D eigenvalue weighted by Crippen LogP contribution is -2.03. The lowest BCUT2D eigenvalue weighted by Gasteiger charge is -2.15. The molecule has 1 unspecified atom stereocenters. The van der Waals surface area contributed by atoms with Crippen LogP contribution in [0.3, 0.4) is 0 Å². The first-order chi connectivity index (χ1) is 9.02. The molecule has 19 heavy (non-hydrogen) atoms. The number of aliphatic hydroxyl groups is 1. The molecule has 1 atom stereocenters. The second kappa shape index (κ2) is 5.72. The van der Waals surface area contributed by atoms with E-state index in [2.05, 4.69) is 15.9 Å². The molecule has 2 aromatic rings. The van der Waals surface area contributed by atoms with Gasteiger partial charge in [-0.25, -0.2) is 4.39 Å². The van der Waals surface area contributed by atoms with Gasteiger partial charge in [-0.2, -0.15) is 0 Å². The summed E-state index contributed by atoms with van der Waals surface area (Å²) in [6, 6.07) is 10.1. The van der Waals surface area contributed by atoms with Crippen LogP contribution in [0.1, 0.15) is 22.8 Å². The number of rotatable bonds is 3. The molecule has 0 aromatic heterocycles. The average Bonchev–Trinajstić information content (AvgIpc) is 2.38. The Hall–Kier alpha value is -1.39. The third kappa shape index (κ3) is 2.96. The van der Waals surface area contributed by atoms with Crippen molar-refractivity contribution in [2.75, 3.05) is 7.11 Å². The smallest absolute Gasteiger partial charge is 0.165 e. The van der Waals surface area contributed by atoms with Crippen LogP contribution in [0, 0.1) is 12.7 Å². The summed E-state index contributed by atoms with van der Waals surface area (Å²) in [6.45, 7) is 1.91. The first kappa shape index (κ1) is 14.0. The van der Waals surface area contributed by atoms with E-state index in [1.807, 2.05) is 25.1 Å². The molecule has 0 bridgehead atoms. The predicted octanol–water partition coefficient (Wildman–Crippen LogP) is 3.99. The Morgan fingerprint density at radius 2 is 1.95 bits per heavy atom. The van der Waals surface area contributed by atoms with Crippen LogP contribution in [0.4, 0.5) is 4.39 Å². The molecule has 0 fully saturated rings. The SMILES string of the molecule is COc1ccc(C(O)c2ccc(Br)cc2C)cc1F. The average molecular weight is 325 g/mol. The molecule has 0 aliphatic heterocycles. The Labute approximate surface area is 120 Å². The molecule has 2 rings (SSSR count). The summed E-state index contributed by atoms with van der Waals surface area (Å²) in [5.41, 5.74) is 2.20. The predicted molar refractivity (Wildman–Crippen MR) is 75.9 cm³/mol. The van der Waals surface area contributed by atoms with Gasteiger partial charge in [-0.15, -0.1) is 0 Å². The molecule has 1 N–H and O–H groups in total. The van der Waals surface area contributed by atoms with E-state index in [1.165, 1.54) is 19.2 Å². The molecule has 0 amide bonds. The number of benzene rings is 2. The highest BCUT2D eigenvalue weighted by Gasteiger charge is 2.15. The van der Waals surface area contributed by atoms with Gasteiger partial charge in [0.25, 0.3) is 0 Å². The van der Waals surface area contributed by atoms with Gasteiger partial charge in [0.1, 0.15) is 6.10 Å². The monoisotopic (exact) mass is 324 g/mol. The highest BCUT2D eigenvalue weighted by atomic mass is 79.9. The molecular weight excluding hydrogens is 311 g/mol. The topological polar surface area (TPSA) is 29.5 Å². The van der Waals surface area contributed by atoms with Gasteiger partial charge in [0.15, 0.2) is 11.6 Å². The van der Waals surface area contributed by atoms with Gasteiger partial charge < -0.3 is 9.84 Å². The molecule has 0 aliphatic rings. The van der Waals surface area contributed by atoms with Crippen molar-refractivity contribution in [1.82, 2.24) is 0 Å². The second-order valence-corrected chi connectivity index (χ2v) is 5.21. The van der Waals surface area contributed by atoms with Gasteiger partial charge in [0.05, 0.1) is 7.11 Å². The van der Waals surface area contributed by atoms with Crippen molar-refractivity contribution in [2.24, 2.45) is 0 Å². The highest BCUT2D eigenvalue weighted by Crippen LogP contribution is 2.29. The summed E-state index contributed by atoms with van der Waals surface area (Å²) in [6.07, 6.45) is -0.853. The van der Waals surface area contributed by atoms with Crippen LogP contribution in [0.5, 0.6) is 5.75 Å². The van der Waals surface area contributed by atoms with E-state index in [4.69, 9.17) is 4.74 Å². The normalized spacial score (nSPS) is 12.3. The quantitative estimate of drug-likeness (QED) is 0.925. The van der Waals surface area contributed by atoms with E-state index in [-0.39, 0.29) is 5.75 Å². The summed E-state index contributed by atoms with van der Waals surface area (Å²) < 4.78 is 19.5. The lowest BCUT2D eigenvalue weighted by atomic mass is 9.97. The standard InChI is InChI=1S/C15H14BrFO2/c1-9-7-11(16)4-5-12(9)15(18)10-3-6-14(19-2)13(17)8-10/h3-8,15,18H,1-2H3. The summed E-state index contributed by atoms with van der Waals surface area (Å²) >= 11 is 3.37. The Morgan fingerprint density at radius 1 is 1.21 bits per heavy atom. The fourth-order valence-corrected chi connectivity index (χ4v) is 2.45. The van der Waals surface area contributed by atoms with Gasteiger partial charge >= 0.3 is 0 Å². The first-order valence-corrected chi connectivity index (χ1v) is 6.59. The van der Waals surface area contributed by atoms with Gasteiger partial charge in [0, 0.05) is 4.47 Å². The van der Waals surface area contributed by atoms with Crippen LogP contribution >= 0.6 is 15.9 Å². The van der Waals surface area contributed by atoms with Crippen molar-refractivity contribution in [1.29, 1.82) is 0 Å². The molecule has 0 heterocycles. The van der Waals surface area contributed by atoms with E-state index >= 15 is 0 Å². The second-order valence-electron chi connectivity index (χ2n) is 4.30. The lowest BCUT2D eigenvalue weighted by molar-refractivity contribution is 0.218. The minimum absolute atomic E-state index is 0.170.